The van der Waals surface area contributed by atoms with E-state index in [1.54, 1.807) is 25.4 Å². The molecule has 1 aliphatic carbocycles. The molecule has 3 atom stereocenters. The summed E-state index contributed by atoms with van der Waals surface area (Å²) in [7, 11) is 1.60. The smallest absolute Gasteiger partial charge is 0.424 e. The third kappa shape index (κ3) is 6.51. The molecule has 208 valence electrons. The van der Waals surface area contributed by atoms with Crippen molar-refractivity contribution in [2.24, 2.45) is 11.8 Å². The van der Waals surface area contributed by atoms with Crippen molar-refractivity contribution < 1.29 is 22.4 Å². The van der Waals surface area contributed by atoms with Crippen molar-refractivity contribution in [3.63, 3.8) is 0 Å². The van der Waals surface area contributed by atoms with Crippen LogP contribution in [0.15, 0.2) is 47.3 Å². The summed E-state index contributed by atoms with van der Waals surface area (Å²) in [4.78, 5) is 25.6. The number of alkyl halides is 3. The van der Waals surface area contributed by atoms with E-state index < -0.39 is 12.0 Å². The van der Waals surface area contributed by atoms with Gasteiger partial charge >= 0.3 is 6.18 Å². The zero-order chi connectivity index (χ0) is 27.4. The molecule has 1 saturated heterocycles. The average Bonchev–Trinajstić information content (AvgIpc) is 3.42. The Balaban J connectivity index is 1.22. The van der Waals surface area contributed by atoms with Crippen LogP contribution in [0.25, 0.3) is 11.3 Å². The second-order valence-electron chi connectivity index (χ2n) is 10.4. The first kappa shape index (κ1) is 27.0. The number of amides is 1. The zero-order valence-electron chi connectivity index (χ0n) is 21.9. The molecule has 11 heteroatoms. The van der Waals surface area contributed by atoms with Crippen LogP contribution in [0.2, 0.25) is 0 Å². The lowest BCUT2D eigenvalue weighted by Gasteiger charge is -2.38. The zero-order valence-corrected chi connectivity index (χ0v) is 21.9. The number of nitrogens with one attached hydrogen (secondary N) is 2. The molecule has 1 saturated carbocycles. The standard InChI is InChI=1S/C28H33F3N6O2/c1-32-25(38)21-9-4-8-20(13-21)24-16-35-27(39-24)36-23-10-3-2-7-19(23)12-18-6-5-11-37(17-18)22-14-33-26(34-15-22)28(29,30)31/h4,8-9,13-16,18-19,23H,2-3,5-7,10-12,17H2,1H3,(H,32,38)(H,35,36)/t18-,19+,23-/m1/s1. The number of nitrogens with zero attached hydrogens (tertiary/aromatic N) is 4. The van der Waals surface area contributed by atoms with Crippen molar-refractivity contribution in [2.45, 2.75) is 57.2 Å². The van der Waals surface area contributed by atoms with Crippen molar-refractivity contribution in [1.82, 2.24) is 20.3 Å². The lowest BCUT2D eigenvalue weighted by molar-refractivity contribution is -0.145. The van der Waals surface area contributed by atoms with Gasteiger partial charge in [-0.05, 0) is 56.1 Å². The minimum Gasteiger partial charge on any atom is -0.424 e. The van der Waals surface area contributed by atoms with Gasteiger partial charge in [-0.25, -0.2) is 15.0 Å². The largest absolute Gasteiger partial charge is 0.451 e. The summed E-state index contributed by atoms with van der Waals surface area (Å²) in [5.41, 5.74) is 1.97. The molecule has 0 bridgehead atoms. The van der Waals surface area contributed by atoms with Gasteiger partial charge in [-0.2, -0.15) is 13.2 Å². The number of piperidine rings is 1. The second-order valence-corrected chi connectivity index (χ2v) is 10.4. The molecule has 2 fully saturated rings. The van der Waals surface area contributed by atoms with E-state index in [9.17, 15) is 18.0 Å². The summed E-state index contributed by atoms with van der Waals surface area (Å²) in [5, 5.41) is 6.15. The van der Waals surface area contributed by atoms with Gasteiger partial charge in [0.25, 0.3) is 11.9 Å². The molecule has 5 rings (SSSR count). The van der Waals surface area contributed by atoms with Gasteiger partial charge in [-0.15, -0.1) is 0 Å². The molecule has 0 unspecified atom stereocenters. The summed E-state index contributed by atoms with van der Waals surface area (Å²) >= 11 is 0. The normalized spacial score (nSPS) is 21.9. The van der Waals surface area contributed by atoms with Crippen LogP contribution in [0.5, 0.6) is 0 Å². The Morgan fingerprint density at radius 3 is 2.64 bits per heavy atom. The maximum Gasteiger partial charge on any atom is 0.451 e. The second kappa shape index (κ2) is 11.6. The molecule has 0 spiro atoms. The minimum atomic E-state index is -4.54. The van der Waals surface area contributed by atoms with Gasteiger partial charge in [0.15, 0.2) is 5.76 Å². The Bertz CT molecular complexity index is 1260. The number of benzene rings is 1. The van der Waals surface area contributed by atoms with Crippen LogP contribution < -0.4 is 15.5 Å². The molecule has 2 N–H and O–H groups in total. The van der Waals surface area contributed by atoms with Crippen molar-refractivity contribution in [3.05, 3.63) is 54.2 Å². The Morgan fingerprint density at radius 1 is 1.08 bits per heavy atom. The first-order chi connectivity index (χ1) is 18.8. The van der Waals surface area contributed by atoms with Crippen molar-refractivity contribution in [1.29, 1.82) is 0 Å². The molecule has 0 radical (unpaired) electrons. The Morgan fingerprint density at radius 2 is 1.87 bits per heavy atom. The van der Waals surface area contributed by atoms with Crippen LogP contribution >= 0.6 is 0 Å². The van der Waals surface area contributed by atoms with Gasteiger partial charge in [-0.3, -0.25) is 4.79 Å². The number of anilines is 2. The van der Waals surface area contributed by atoms with E-state index in [1.165, 1.54) is 18.8 Å². The highest BCUT2D eigenvalue weighted by Crippen LogP contribution is 2.36. The highest BCUT2D eigenvalue weighted by Gasteiger charge is 2.35. The predicted octanol–water partition coefficient (Wildman–Crippen LogP) is 5.79. The summed E-state index contributed by atoms with van der Waals surface area (Å²) in [6, 6.07) is 7.93. The quantitative estimate of drug-likeness (QED) is 0.390. The SMILES string of the molecule is CNC(=O)c1cccc(-c2cnc(N[C@@H]3CCCC[C@H]3C[C@H]3CCCN(c4cnc(C(F)(F)F)nc4)C3)o2)c1. The van der Waals surface area contributed by atoms with Crippen molar-refractivity contribution >= 4 is 17.6 Å². The number of hydrogen-bond acceptors (Lipinski definition) is 7. The molecule has 2 aromatic heterocycles. The highest BCUT2D eigenvalue weighted by atomic mass is 19.4. The Hall–Kier alpha value is -3.63. The third-order valence-electron chi connectivity index (χ3n) is 7.77. The lowest BCUT2D eigenvalue weighted by Crippen LogP contribution is -2.39. The van der Waals surface area contributed by atoms with Gasteiger partial charge in [-0.1, -0.05) is 25.0 Å². The molecule has 3 heterocycles. The maximum atomic E-state index is 12.9. The molecule has 39 heavy (non-hydrogen) atoms. The van der Waals surface area contributed by atoms with Gasteiger partial charge in [0.2, 0.25) is 5.82 Å². The van der Waals surface area contributed by atoms with Crippen LogP contribution in [-0.2, 0) is 6.18 Å². The fourth-order valence-electron chi connectivity index (χ4n) is 5.82. The Labute approximate surface area is 225 Å². The molecule has 1 aliphatic heterocycles. The number of carbonyl (C=O) groups is 1. The minimum absolute atomic E-state index is 0.160. The van der Waals surface area contributed by atoms with Gasteiger partial charge < -0.3 is 20.0 Å². The fraction of sp³-hybridized carbons (Fsp3) is 0.500. The average molecular weight is 543 g/mol. The van der Waals surface area contributed by atoms with Crippen LogP contribution in [0.1, 0.15) is 61.1 Å². The molecular weight excluding hydrogens is 509 g/mol. The molecule has 1 amide bonds. The van der Waals surface area contributed by atoms with E-state index in [-0.39, 0.29) is 11.9 Å². The molecule has 2 aliphatic rings. The van der Waals surface area contributed by atoms with E-state index in [1.807, 2.05) is 12.1 Å². The topological polar surface area (TPSA) is 96.2 Å². The summed E-state index contributed by atoms with van der Waals surface area (Å²) in [5.74, 6) is 0.203. The number of carbonyl (C=O) groups excluding carboxylic acids is 1. The number of oxazole rings is 1. The van der Waals surface area contributed by atoms with Crippen LogP contribution in [-0.4, -0.2) is 47.0 Å². The summed E-state index contributed by atoms with van der Waals surface area (Å²) in [6.45, 7) is 1.57. The van der Waals surface area contributed by atoms with E-state index in [0.717, 1.165) is 57.2 Å². The Kier molecular flexibility index (Phi) is 8.04. The van der Waals surface area contributed by atoms with Crippen molar-refractivity contribution in [3.8, 4) is 11.3 Å². The maximum absolute atomic E-state index is 12.9. The van der Waals surface area contributed by atoms with Crippen LogP contribution in [0, 0.1) is 11.8 Å². The number of halogens is 3. The number of rotatable bonds is 7. The molecule has 8 nitrogen and oxygen atoms in total. The molecular formula is C28H33F3N6O2. The van der Waals surface area contributed by atoms with Gasteiger partial charge in [0, 0.05) is 37.3 Å². The first-order valence-electron chi connectivity index (χ1n) is 13.5. The van der Waals surface area contributed by atoms with E-state index in [4.69, 9.17) is 4.42 Å². The number of hydrogen-bond donors (Lipinski definition) is 2. The first-order valence-corrected chi connectivity index (χ1v) is 13.5. The van der Waals surface area contributed by atoms with E-state index >= 15 is 0 Å². The van der Waals surface area contributed by atoms with Gasteiger partial charge in [0.1, 0.15) is 0 Å². The molecule has 1 aromatic carbocycles. The van der Waals surface area contributed by atoms with Crippen molar-refractivity contribution in [2.75, 3.05) is 30.4 Å². The lowest BCUT2D eigenvalue weighted by atomic mass is 9.77. The fourth-order valence-corrected chi connectivity index (χ4v) is 5.82. The predicted molar refractivity (Wildman–Crippen MR) is 141 cm³/mol. The number of aromatic nitrogens is 3. The highest BCUT2D eigenvalue weighted by molar-refractivity contribution is 5.95. The van der Waals surface area contributed by atoms with Gasteiger partial charge in [0.05, 0.1) is 24.3 Å². The van der Waals surface area contributed by atoms with E-state index in [2.05, 4.69) is 30.5 Å². The summed E-state index contributed by atoms with van der Waals surface area (Å²) in [6.07, 6.45) is 7.25. The van der Waals surface area contributed by atoms with E-state index in [0.29, 0.717) is 34.9 Å². The van der Waals surface area contributed by atoms with Crippen LogP contribution in [0.4, 0.5) is 24.9 Å². The van der Waals surface area contributed by atoms with Crippen LogP contribution in [0.3, 0.4) is 0 Å². The monoisotopic (exact) mass is 542 g/mol. The summed E-state index contributed by atoms with van der Waals surface area (Å²) < 4.78 is 44.6. The molecule has 3 aromatic rings. The third-order valence-corrected chi connectivity index (χ3v) is 7.77.